The van der Waals surface area contributed by atoms with Crippen LogP contribution in [-0.4, -0.2) is 19.0 Å². The van der Waals surface area contributed by atoms with E-state index in [4.69, 9.17) is 5.73 Å². The van der Waals surface area contributed by atoms with Gasteiger partial charge in [0.2, 0.25) is 5.91 Å². The number of rotatable bonds is 8. The molecule has 0 atom stereocenters. The normalized spacial score (nSPS) is 11.5. The first-order valence-corrected chi connectivity index (χ1v) is 6.03. The van der Waals surface area contributed by atoms with Crippen molar-refractivity contribution < 1.29 is 4.79 Å². The molecule has 0 aromatic heterocycles. The molecule has 3 N–H and O–H groups in total. The maximum atomic E-state index is 11.7. The van der Waals surface area contributed by atoms with E-state index in [0.29, 0.717) is 13.1 Å². The minimum absolute atomic E-state index is 0.129. The van der Waals surface area contributed by atoms with Crippen LogP contribution < -0.4 is 11.1 Å². The molecular weight excluding hydrogens is 188 g/mol. The molecule has 0 rings (SSSR count). The van der Waals surface area contributed by atoms with Crippen molar-refractivity contribution >= 4 is 5.91 Å². The van der Waals surface area contributed by atoms with Crippen molar-refractivity contribution in [1.82, 2.24) is 5.32 Å². The first-order chi connectivity index (χ1) is 7.04. The Morgan fingerprint density at radius 1 is 1.27 bits per heavy atom. The Kier molecular flexibility index (Phi) is 7.39. The summed E-state index contributed by atoms with van der Waals surface area (Å²) in [6.45, 7) is 7.30. The Labute approximate surface area is 93.8 Å². The summed E-state index contributed by atoms with van der Waals surface area (Å²) >= 11 is 0. The van der Waals surface area contributed by atoms with Crippen LogP contribution >= 0.6 is 0 Å². The number of carbonyl (C=O) groups excluding carboxylic acids is 1. The first kappa shape index (κ1) is 14.4. The smallest absolute Gasteiger partial charge is 0.225 e. The molecule has 0 bridgehead atoms. The van der Waals surface area contributed by atoms with Crippen LogP contribution in [-0.2, 0) is 4.79 Å². The Hall–Kier alpha value is -0.570. The second-order valence-electron chi connectivity index (χ2n) is 4.74. The Morgan fingerprint density at radius 3 is 2.47 bits per heavy atom. The number of unbranched alkanes of at least 4 members (excludes halogenated alkanes) is 3. The molecule has 0 aliphatic carbocycles. The summed E-state index contributed by atoms with van der Waals surface area (Å²) < 4.78 is 0. The van der Waals surface area contributed by atoms with Crippen molar-refractivity contribution in [2.75, 3.05) is 13.1 Å². The molecule has 0 unspecified atom stereocenters. The fraction of sp³-hybridized carbons (Fsp3) is 0.917. The van der Waals surface area contributed by atoms with Gasteiger partial charge in [-0.1, -0.05) is 46.5 Å². The number of carbonyl (C=O) groups is 1. The lowest BCUT2D eigenvalue weighted by atomic mass is 9.86. The van der Waals surface area contributed by atoms with Crippen molar-refractivity contribution in [1.29, 1.82) is 0 Å². The highest BCUT2D eigenvalue weighted by Crippen LogP contribution is 2.23. The van der Waals surface area contributed by atoms with E-state index in [2.05, 4.69) is 12.2 Å². The second-order valence-corrected chi connectivity index (χ2v) is 4.74. The van der Waals surface area contributed by atoms with Gasteiger partial charge in [0.15, 0.2) is 0 Å². The lowest BCUT2D eigenvalue weighted by molar-refractivity contribution is -0.129. The van der Waals surface area contributed by atoms with Crippen molar-refractivity contribution in [3.63, 3.8) is 0 Å². The predicted molar refractivity (Wildman–Crippen MR) is 64.6 cm³/mol. The molecule has 0 radical (unpaired) electrons. The highest BCUT2D eigenvalue weighted by atomic mass is 16.2. The molecule has 3 heteroatoms. The third-order valence-corrected chi connectivity index (χ3v) is 2.70. The Bertz CT molecular complexity index is 178. The van der Waals surface area contributed by atoms with Crippen LogP contribution in [0.25, 0.3) is 0 Å². The maximum absolute atomic E-state index is 11.7. The molecule has 0 aromatic rings. The molecule has 0 saturated heterocycles. The molecule has 90 valence electrons. The largest absolute Gasteiger partial charge is 0.354 e. The number of hydrogen-bond donors (Lipinski definition) is 2. The van der Waals surface area contributed by atoms with E-state index in [1.165, 1.54) is 19.3 Å². The van der Waals surface area contributed by atoms with E-state index in [9.17, 15) is 4.79 Å². The lowest BCUT2D eigenvalue weighted by Gasteiger charge is -2.23. The van der Waals surface area contributed by atoms with Crippen LogP contribution in [0.1, 0.15) is 52.9 Å². The molecule has 0 aliphatic rings. The zero-order valence-electron chi connectivity index (χ0n) is 10.4. The molecule has 0 fully saturated rings. The third kappa shape index (κ3) is 6.50. The monoisotopic (exact) mass is 214 g/mol. The van der Waals surface area contributed by atoms with Crippen LogP contribution in [0.15, 0.2) is 0 Å². The van der Waals surface area contributed by atoms with Gasteiger partial charge in [-0.3, -0.25) is 4.79 Å². The lowest BCUT2D eigenvalue weighted by Crippen LogP contribution is -2.39. The third-order valence-electron chi connectivity index (χ3n) is 2.70. The van der Waals surface area contributed by atoms with Gasteiger partial charge < -0.3 is 11.1 Å². The molecule has 0 aromatic carbocycles. The van der Waals surface area contributed by atoms with E-state index in [0.717, 1.165) is 12.8 Å². The van der Waals surface area contributed by atoms with Crippen LogP contribution in [0, 0.1) is 5.41 Å². The molecule has 0 aliphatic heterocycles. The van der Waals surface area contributed by atoms with Crippen molar-refractivity contribution in [3.05, 3.63) is 0 Å². The quantitative estimate of drug-likeness (QED) is 0.608. The summed E-state index contributed by atoms with van der Waals surface area (Å²) in [5, 5.41) is 2.85. The molecule has 0 saturated carbocycles. The average Bonchev–Trinajstić information content (AvgIpc) is 2.21. The summed E-state index contributed by atoms with van der Waals surface area (Å²) in [7, 11) is 0. The molecule has 15 heavy (non-hydrogen) atoms. The van der Waals surface area contributed by atoms with E-state index >= 15 is 0 Å². The number of hydrogen-bond acceptors (Lipinski definition) is 2. The van der Waals surface area contributed by atoms with Crippen LogP contribution in [0.5, 0.6) is 0 Å². The molecule has 0 spiro atoms. The van der Waals surface area contributed by atoms with Crippen LogP contribution in [0.2, 0.25) is 0 Å². The number of nitrogens with two attached hydrogens (primary N) is 1. The summed E-state index contributed by atoms with van der Waals surface area (Å²) in [6.07, 6.45) is 5.82. The van der Waals surface area contributed by atoms with E-state index in [1.54, 1.807) is 0 Å². The van der Waals surface area contributed by atoms with Crippen molar-refractivity contribution in [2.24, 2.45) is 11.1 Å². The highest BCUT2D eigenvalue weighted by molar-refractivity contribution is 5.81. The van der Waals surface area contributed by atoms with Crippen LogP contribution in [0.4, 0.5) is 0 Å². The summed E-state index contributed by atoms with van der Waals surface area (Å²) in [5.41, 5.74) is 5.10. The zero-order chi connectivity index (χ0) is 11.7. The van der Waals surface area contributed by atoms with Gasteiger partial charge in [-0.25, -0.2) is 0 Å². The van der Waals surface area contributed by atoms with Crippen LogP contribution in [0.3, 0.4) is 0 Å². The molecule has 1 amide bonds. The molecular formula is C12H26N2O. The van der Waals surface area contributed by atoms with Gasteiger partial charge in [0.05, 0.1) is 0 Å². The van der Waals surface area contributed by atoms with Crippen molar-refractivity contribution in [2.45, 2.75) is 52.9 Å². The fourth-order valence-corrected chi connectivity index (χ4v) is 1.53. The molecule has 3 nitrogen and oxygen atoms in total. The first-order valence-electron chi connectivity index (χ1n) is 6.03. The summed E-state index contributed by atoms with van der Waals surface area (Å²) in [5.74, 6) is 0.129. The molecule has 0 heterocycles. The standard InChI is InChI=1S/C12H26N2O/c1-4-5-6-7-8-12(2,3)11(15)14-10-9-13/h4-10,13H2,1-3H3,(H,14,15). The van der Waals surface area contributed by atoms with Gasteiger partial charge in [-0.05, 0) is 6.42 Å². The average molecular weight is 214 g/mol. The number of nitrogens with one attached hydrogen (secondary N) is 1. The van der Waals surface area contributed by atoms with Gasteiger partial charge in [0.1, 0.15) is 0 Å². The minimum Gasteiger partial charge on any atom is -0.354 e. The number of amides is 1. The zero-order valence-corrected chi connectivity index (χ0v) is 10.4. The highest BCUT2D eigenvalue weighted by Gasteiger charge is 2.26. The SMILES string of the molecule is CCCCCCC(C)(C)C(=O)NCCN. The fourth-order valence-electron chi connectivity index (χ4n) is 1.53. The van der Waals surface area contributed by atoms with Gasteiger partial charge in [-0.15, -0.1) is 0 Å². The van der Waals surface area contributed by atoms with Gasteiger partial charge >= 0.3 is 0 Å². The van der Waals surface area contributed by atoms with E-state index < -0.39 is 0 Å². The van der Waals surface area contributed by atoms with Crippen molar-refractivity contribution in [3.8, 4) is 0 Å². The Morgan fingerprint density at radius 2 is 1.93 bits per heavy atom. The van der Waals surface area contributed by atoms with Gasteiger partial charge in [-0.2, -0.15) is 0 Å². The van der Waals surface area contributed by atoms with E-state index in [1.807, 2.05) is 13.8 Å². The summed E-state index contributed by atoms with van der Waals surface area (Å²) in [6, 6.07) is 0. The topological polar surface area (TPSA) is 55.1 Å². The van der Waals surface area contributed by atoms with Gasteiger partial charge in [0, 0.05) is 18.5 Å². The Balaban J connectivity index is 3.78. The van der Waals surface area contributed by atoms with E-state index in [-0.39, 0.29) is 11.3 Å². The minimum atomic E-state index is -0.247. The predicted octanol–water partition coefficient (Wildman–Crippen LogP) is 2.06. The van der Waals surface area contributed by atoms with Gasteiger partial charge in [0.25, 0.3) is 0 Å². The second kappa shape index (κ2) is 7.69. The maximum Gasteiger partial charge on any atom is 0.225 e. The summed E-state index contributed by atoms with van der Waals surface area (Å²) in [4.78, 5) is 11.7.